The molecule has 7 heteroatoms. The van der Waals surface area contributed by atoms with Gasteiger partial charge < -0.3 is 4.74 Å². The van der Waals surface area contributed by atoms with Crippen molar-refractivity contribution in [1.29, 1.82) is 0 Å². The van der Waals surface area contributed by atoms with Gasteiger partial charge in [0.15, 0.2) is 9.84 Å². The van der Waals surface area contributed by atoms with Crippen LogP contribution in [0.1, 0.15) is 18.4 Å². The lowest BCUT2D eigenvalue weighted by Crippen LogP contribution is -2.39. The van der Waals surface area contributed by atoms with Crippen LogP contribution in [0.25, 0.3) is 0 Å². The van der Waals surface area contributed by atoms with Crippen molar-refractivity contribution >= 4 is 21.6 Å². The van der Waals surface area contributed by atoms with Crippen LogP contribution in [0.2, 0.25) is 0 Å². The molecule has 25 heavy (non-hydrogen) atoms. The van der Waals surface area contributed by atoms with E-state index in [1.165, 1.54) is 6.26 Å². The third-order valence-corrected chi connectivity index (χ3v) is 5.10. The van der Waals surface area contributed by atoms with E-state index in [9.17, 15) is 8.42 Å². The predicted molar refractivity (Wildman–Crippen MR) is 101 cm³/mol. The van der Waals surface area contributed by atoms with Gasteiger partial charge in [-0.3, -0.25) is 0 Å². The van der Waals surface area contributed by atoms with Crippen LogP contribution in [-0.2, 0) is 21.0 Å². The van der Waals surface area contributed by atoms with Gasteiger partial charge in [-0.25, -0.2) is 13.8 Å². The summed E-state index contributed by atoms with van der Waals surface area (Å²) in [5.41, 5.74) is 4.84. The second kappa shape index (κ2) is 9.20. The zero-order valence-corrected chi connectivity index (χ0v) is 15.7. The van der Waals surface area contributed by atoms with E-state index in [-0.39, 0.29) is 10.9 Å². The quantitative estimate of drug-likeness (QED) is 0.390. The van der Waals surface area contributed by atoms with E-state index >= 15 is 0 Å². The molecule has 1 aromatic carbocycles. The molecule has 2 N–H and O–H groups in total. The molecule has 0 saturated carbocycles. The Morgan fingerprint density at radius 1 is 1.40 bits per heavy atom. The summed E-state index contributed by atoms with van der Waals surface area (Å²) in [6, 6.07) is 6.50. The first-order valence-electron chi connectivity index (χ1n) is 7.97. The highest BCUT2D eigenvalue weighted by Gasteiger charge is 2.16. The molecule has 1 aromatic rings. The van der Waals surface area contributed by atoms with Crippen LogP contribution in [-0.4, -0.2) is 27.3 Å². The first-order chi connectivity index (χ1) is 11.9. The number of ether oxygens (including phenoxy) is 1. The van der Waals surface area contributed by atoms with Crippen molar-refractivity contribution in [2.75, 3.05) is 12.9 Å². The van der Waals surface area contributed by atoms with Gasteiger partial charge in [0.25, 0.3) is 0 Å². The number of benzene rings is 1. The zero-order chi connectivity index (χ0) is 18.3. The molecule has 0 aliphatic heterocycles. The number of nitrogens with one attached hydrogen (secondary N) is 2. The molecule has 0 fully saturated rings. The largest absolute Gasteiger partial charge is 0.492 e. The summed E-state index contributed by atoms with van der Waals surface area (Å²) >= 11 is 5.58. The van der Waals surface area contributed by atoms with Crippen molar-refractivity contribution in [3.05, 3.63) is 66.0 Å². The number of rotatable bonds is 9. The lowest BCUT2D eigenvalue weighted by molar-refractivity contribution is 0.208. The molecule has 0 radical (unpaired) electrons. The lowest BCUT2D eigenvalue weighted by atomic mass is 10.1. The average Bonchev–Trinajstić information content (AvgIpc) is 2.60. The second-order valence-electron chi connectivity index (χ2n) is 5.93. The lowest BCUT2D eigenvalue weighted by Gasteiger charge is -2.21. The van der Waals surface area contributed by atoms with Gasteiger partial charge in [0.1, 0.15) is 12.4 Å². The van der Waals surface area contributed by atoms with Crippen LogP contribution in [0, 0.1) is 0 Å². The van der Waals surface area contributed by atoms with E-state index in [0.29, 0.717) is 18.8 Å². The molecular weight excluding hydrogens is 360 g/mol. The molecule has 2 rings (SSSR count). The Balaban J connectivity index is 2.03. The first-order valence-corrected chi connectivity index (χ1v) is 10.2. The highest BCUT2D eigenvalue weighted by atomic mass is 35.5. The highest BCUT2D eigenvalue weighted by Crippen LogP contribution is 2.17. The van der Waals surface area contributed by atoms with Gasteiger partial charge in [-0.15, -0.1) is 0 Å². The number of halogens is 1. The number of hydrazine groups is 1. The van der Waals surface area contributed by atoms with Gasteiger partial charge in [0, 0.05) is 6.26 Å². The Hall–Kier alpha value is -1.60. The van der Waals surface area contributed by atoms with Crippen molar-refractivity contribution in [2.45, 2.75) is 30.2 Å². The Kier molecular flexibility index (Phi) is 7.25. The Morgan fingerprint density at radius 2 is 2.20 bits per heavy atom. The maximum atomic E-state index is 11.7. The van der Waals surface area contributed by atoms with Crippen LogP contribution >= 0.6 is 11.8 Å². The second-order valence-corrected chi connectivity index (χ2v) is 8.13. The molecule has 5 nitrogen and oxygen atoms in total. The van der Waals surface area contributed by atoms with E-state index in [2.05, 4.69) is 35.2 Å². The van der Waals surface area contributed by atoms with E-state index < -0.39 is 9.84 Å². The maximum absolute atomic E-state index is 11.7. The number of sulfone groups is 1. The zero-order valence-electron chi connectivity index (χ0n) is 14.2. The van der Waals surface area contributed by atoms with Crippen molar-refractivity contribution in [2.24, 2.45) is 0 Å². The van der Waals surface area contributed by atoms with Crippen molar-refractivity contribution < 1.29 is 13.2 Å². The van der Waals surface area contributed by atoms with Crippen LogP contribution in [0.15, 0.2) is 65.3 Å². The van der Waals surface area contributed by atoms with Crippen molar-refractivity contribution in [3.63, 3.8) is 0 Å². The summed E-state index contributed by atoms with van der Waals surface area (Å²) in [4.78, 5) is 2.67. The summed E-state index contributed by atoms with van der Waals surface area (Å²) in [7, 11) is -3.25. The molecule has 0 bridgehead atoms. The Bertz CT molecular complexity index is 772. The summed E-state index contributed by atoms with van der Waals surface area (Å²) < 4.78 is 29.2. The summed E-state index contributed by atoms with van der Waals surface area (Å²) in [5, 5.41) is 0. The van der Waals surface area contributed by atoms with Gasteiger partial charge in [0.05, 0.1) is 10.9 Å². The molecule has 1 aliphatic carbocycles. The van der Waals surface area contributed by atoms with Crippen LogP contribution in [0.3, 0.4) is 0 Å². The van der Waals surface area contributed by atoms with E-state index in [1.807, 2.05) is 6.07 Å². The minimum absolute atomic E-state index is 0.284. The molecular formula is C18H23ClN2O3S. The van der Waals surface area contributed by atoms with E-state index in [4.69, 9.17) is 16.5 Å². The van der Waals surface area contributed by atoms with Gasteiger partial charge in [-0.05, 0) is 54.3 Å². The third-order valence-electron chi connectivity index (χ3n) is 3.88. The fourth-order valence-electron chi connectivity index (χ4n) is 2.50. The van der Waals surface area contributed by atoms with Gasteiger partial charge in [-0.2, -0.15) is 4.94 Å². The predicted octanol–water partition coefficient (Wildman–Crippen LogP) is 3.06. The van der Waals surface area contributed by atoms with Gasteiger partial charge in [-0.1, -0.05) is 36.9 Å². The van der Waals surface area contributed by atoms with Crippen molar-refractivity contribution in [1.82, 2.24) is 10.4 Å². The SMILES string of the molecule is C=C(OCC1=CCCC=C1)C(Cc1cccc(S(C)(=O)=O)c1)NNCl. The number of hydrogen-bond donors (Lipinski definition) is 2. The molecule has 1 unspecified atom stereocenters. The molecule has 0 spiro atoms. The standard InChI is InChI=1S/C18H23ClN2O3S/c1-14(24-13-15-7-4-3-5-8-15)18(20-21-19)12-16-9-6-10-17(11-16)25(2,22)23/h4,6-11,18,20-21H,1,3,5,12-13H2,2H3. The molecule has 1 aliphatic rings. The van der Waals surface area contributed by atoms with Crippen LogP contribution in [0.4, 0.5) is 0 Å². The number of hydrogen-bond acceptors (Lipinski definition) is 5. The fourth-order valence-corrected chi connectivity index (χ4v) is 3.32. The minimum atomic E-state index is -3.25. The fraction of sp³-hybridized carbons (Fsp3) is 0.333. The molecule has 0 saturated heterocycles. The summed E-state index contributed by atoms with van der Waals surface area (Å²) in [6.07, 6.45) is 10.1. The summed E-state index contributed by atoms with van der Waals surface area (Å²) in [6.45, 7) is 4.42. The van der Waals surface area contributed by atoms with Crippen LogP contribution in [0.5, 0.6) is 0 Å². The molecule has 136 valence electrons. The average molecular weight is 383 g/mol. The van der Waals surface area contributed by atoms with Gasteiger partial charge >= 0.3 is 0 Å². The number of allylic oxidation sites excluding steroid dienone is 2. The molecule has 0 aromatic heterocycles. The third kappa shape index (κ3) is 6.32. The molecule has 0 amide bonds. The smallest absolute Gasteiger partial charge is 0.175 e. The van der Waals surface area contributed by atoms with Gasteiger partial charge in [0.2, 0.25) is 0 Å². The molecule has 0 heterocycles. The maximum Gasteiger partial charge on any atom is 0.175 e. The Labute approximate surface area is 154 Å². The normalized spacial score (nSPS) is 15.5. The van der Waals surface area contributed by atoms with E-state index in [1.54, 1.807) is 18.2 Å². The monoisotopic (exact) mass is 382 g/mol. The van der Waals surface area contributed by atoms with E-state index in [0.717, 1.165) is 24.0 Å². The van der Waals surface area contributed by atoms with Crippen LogP contribution < -0.4 is 10.4 Å². The summed E-state index contributed by atoms with van der Waals surface area (Å²) in [5.74, 6) is 0.526. The highest BCUT2D eigenvalue weighted by molar-refractivity contribution is 7.90. The van der Waals surface area contributed by atoms with Crippen molar-refractivity contribution in [3.8, 4) is 0 Å². The first kappa shape index (κ1) is 19.7. The Morgan fingerprint density at radius 3 is 2.84 bits per heavy atom. The topological polar surface area (TPSA) is 67.4 Å². The molecule has 1 atom stereocenters. The minimum Gasteiger partial charge on any atom is -0.492 e.